The minimum atomic E-state index is -3.29. The third-order valence-electron chi connectivity index (χ3n) is 5.14. The third kappa shape index (κ3) is 4.00. The van der Waals surface area contributed by atoms with Gasteiger partial charge in [0.05, 0.1) is 12.0 Å². The number of aromatic nitrogens is 3. The predicted molar refractivity (Wildman–Crippen MR) is 112 cm³/mol. The number of pyridine rings is 1. The van der Waals surface area contributed by atoms with Crippen molar-refractivity contribution >= 4 is 15.5 Å². The number of nitrogens with zero attached hydrogens (tertiary/aromatic N) is 3. The molecule has 31 heavy (non-hydrogen) atoms. The molecule has 0 amide bonds. The van der Waals surface area contributed by atoms with Gasteiger partial charge in [-0.05, 0) is 54.8 Å². The van der Waals surface area contributed by atoms with E-state index in [0.717, 1.165) is 29.1 Å². The summed E-state index contributed by atoms with van der Waals surface area (Å²) in [5, 5.41) is 8.17. The van der Waals surface area contributed by atoms with Gasteiger partial charge in [0.15, 0.2) is 27.1 Å². The van der Waals surface area contributed by atoms with Gasteiger partial charge >= 0.3 is 0 Å². The standard InChI is InChI=1S/C22H19F2N3O3S/c1-30-20-12-11-19(23)21(24)18(20)10-6-15-5-9-17(22-26-25-13-27(15)22)14-3-7-16(8-4-14)31(2,28)29/h3-5,7-9,11-13H,6,10H2,1-2H3. The lowest BCUT2D eigenvalue weighted by molar-refractivity contribution is 0.397. The van der Waals surface area contributed by atoms with Crippen LogP contribution in [-0.2, 0) is 22.7 Å². The molecule has 4 aromatic rings. The molecule has 0 N–H and O–H groups in total. The molecule has 6 nitrogen and oxygen atoms in total. The van der Waals surface area contributed by atoms with Gasteiger partial charge in [0.1, 0.15) is 12.1 Å². The second-order valence-electron chi connectivity index (χ2n) is 7.10. The summed E-state index contributed by atoms with van der Waals surface area (Å²) < 4.78 is 58.3. The molecule has 0 spiro atoms. The maximum Gasteiger partial charge on any atom is 0.175 e. The van der Waals surface area contributed by atoms with Crippen LogP contribution in [0.25, 0.3) is 16.8 Å². The summed E-state index contributed by atoms with van der Waals surface area (Å²) in [6.45, 7) is 0. The molecule has 0 aliphatic carbocycles. The molecule has 0 bridgehead atoms. The van der Waals surface area contributed by atoms with E-state index in [-0.39, 0.29) is 16.9 Å². The van der Waals surface area contributed by atoms with E-state index in [4.69, 9.17) is 4.74 Å². The highest BCUT2D eigenvalue weighted by atomic mass is 32.2. The van der Waals surface area contributed by atoms with Crippen molar-refractivity contribution in [3.05, 3.63) is 77.8 Å². The highest BCUT2D eigenvalue weighted by Crippen LogP contribution is 2.28. The number of ether oxygens (including phenoxy) is 1. The molecular weight excluding hydrogens is 424 g/mol. The number of hydrogen-bond donors (Lipinski definition) is 0. The fourth-order valence-electron chi connectivity index (χ4n) is 3.53. The number of benzene rings is 2. The summed E-state index contributed by atoms with van der Waals surface area (Å²) in [6.07, 6.45) is 3.34. The van der Waals surface area contributed by atoms with Crippen LogP contribution >= 0.6 is 0 Å². The summed E-state index contributed by atoms with van der Waals surface area (Å²) in [5.41, 5.74) is 3.12. The van der Waals surface area contributed by atoms with Crippen LogP contribution in [-0.4, -0.2) is 36.4 Å². The zero-order chi connectivity index (χ0) is 22.2. The molecule has 2 aromatic heterocycles. The van der Waals surface area contributed by atoms with Gasteiger partial charge in [0, 0.05) is 23.1 Å². The number of sulfone groups is 1. The minimum Gasteiger partial charge on any atom is -0.496 e. The Hall–Kier alpha value is -3.33. The summed E-state index contributed by atoms with van der Waals surface area (Å²) >= 11 is 0. The average Bonchev–Trinajstić information content (AvgIpc) is 3.24. The summed E-state index contributed by atoms with van der Waals surface area (Å²) in [5.74, 6) is -1.54. The molecular formula is C22H19F2N3O3S. The molecule has 0 saturated carbocycles. The number of methoxy groups -OCH3 is 1. The lowest BCUT2D eigenvalue weighted by Crippen LogP contribution is -2.04. The molecule has 2 heterocycles. The summed E-state index contributed by atoms with van der Waals surface area (Å²) in [7, 11) is -1.87. The van der Waals surface area contributed by atoms with Crippen LogP contribution in [0.1, 0.15) is 11.3 Å². The molecule has 0 fully saturated rings. The summed E-state index contributed by atoms with van der Waals surface area (Å²) in [6, 6.07) is 12.7. The first-order valence-electron chi connectivity index (χ1n) is 9.42. The van der Waals surface area contributed by atoms with Crippen molar-refractivity contribution in [2.24, 2.45) is 0 Å². The van der Waals surface area contributed by atoms with Gasteiger partial charge in [-0.2, -0.15) is 0 Å². The molecule has 0 atom stereocenters. The van der Waals surface area contributed by atoms with Crippen molar-refractivity contribution in [1.29, 1.82) is 0 Å². The Labute approximate surface area is 178 Å². The Bertz CT molecular complexity index is 1370. The highest BCUT2D eigenvalue weighted by Gasteiger charge is 2.16. The van der Waals surface area contributed by atoms with Crippen LogP contribution in [0.5, 0.6) is 5.75 Å². The van der Waals surface area contributed by atoms with Gasteiger partial charge in [-0.15, -0.1) is 10.2 Å². The van der Waals surface area contributed by atoms with E-state index in [0.29, 0.717) is 17.8 Å². The van der Waals surface area contributed by atoms with Crippen molar-refractivity contribution in [1.82, 2.24) is 14.6 Å². The van der Waals surface area contributed by atoms with Crippen LogP contribution < -0.4 is 4.74 Å². The van der Waals surface area contributed by atoms with Gasteiger partial charge in [-0.1, -0.05) is 12.1 Å². The maximum atomic E-state index is 14.3. The van der Waals surface area contributed by atoms with E-state index < -0.39 is 21.5 Å². The van der Waals surface area contributed by atoms with Gasteiger partial charge in [0.2, 0.25) is 0 Å². The van der Waals surface area contributed by atoms with Crippen molar-refractivity contribution in [2.45, 2.75) is 17.7 Å². The van der Waals surface area contributed by atoms with Gasteiger partial charge in [0.25, 0.3) is 0 Å². The van der Waals surface area contributed by atoms with E-state index in [1.807, 2.05) is 12.1 Å². The second kappa shape index (κ2) is 8.07. The molecule has 0 unspecified atom stereocenters. The topological polar surface area (TPSA) is 73.6 Å². The lowest BCUT2D eigenvalue weighted by Gasteiger charge is -2.12. The first-order chi connectivity index (χ1) is 14.8. The minimum absolute atomic E-state index is 0.171. The molecule has 2 aromatic carbocycles. The highest BCUT2D eigenvalue weighted by molar-refractivity contribution is 7.90. The Morgan fingerprint density at radius 1 is 1.00 bits per heavy atom. The van der Waals surface area contributed by atoms with E-state index >= 15 is 0 Å². The molecule has 0 aliphatic rings. The quantitative estimate of drug-likeness (QED) is 0.452. The van der Waals surface area contributed by atoms with Crippen molar-refractivity contribution in [2.75, 3.05) is 13.4 Å². The number of hydrogen-bond acceptors (Lipinski definition) is 5. The molecule has 160 valence electrons. The fraction of sp³-hybridized carbons (Fsp3) is 0.182. The Morgan fingerprint density at radius 2 is 1.74 bits per heavy atom. The predicted octanol–water partition coefficient (Wildman–Crippen LogP) is 3.87. The molecule has 4 rings (SSSR count). The second-order valence-corrected chi connectivity index (χ2v) is 9.12. The largest absolute Gasteiger partial charge is 0.496 e. The molecule has 0 aliphatic heterocycles. The van der Waals surface area contributed by atoms with Crippen LogP contribution in [0.2, 0.25) is 0 Å². The smallest absolute Gasteiger partial charge is 0.175 e. The van der Waals surface area contributed by atoms with E-state index in [2.05, 4.69) is 10.2 Å². The molecule has 9 heteroatoms. The Balaban J connectivity index is 1.67. The van der Waals surface area contributed by atoms with E-state index in [9.17, 15) is 17.2 Å². The lowest BCUT2D eigenvalue weighted by atomic mass is 10.0. The third-order valence-corrected chi connectivity index (χ3v) is 6.27. The van der Waals surface area contributed by atoms with Crippen LogP contribution in [0, 0.1) is 11.6 Å². The zero-order valence-corrected chi connectivity index (χ0v) is 17.7. The van der Waals surface area contributed by atoms with Crippen molar-refractivity contribution < 1.29 is 21.9 Å². The Morgan fingerprint density at radius 3 is 2.42 bits per heavy atom. The number of halogens is 2. The van der Waals surface area contributed by atoms with Crippen molar-refractivity contribution in [3.8, 4) is 16.9 Å². The van der Waals surface area contributed by atoms with Gasteiger partial charge in [-0.25, -0.2) is 17.2 Å². The number of aryl methyl sites for hydroxylation is 1. The average molecular weight is 443 g/mol. The SMILES string of the molecule is COc1ccc(F)c(F)c1CCc1ccc(-c2ccc(S(C)(=O)=O)cc2)c2nncn12. The normalized spacial score (nSPS) is 11.7. The molecule has 0 saturated heterocycles. The van der Waals surface area contributed by atoms with Crippen LogP contribution in [0.4, 0.5) is 8.78 Å². The van der Waals surface area contributed by atoms with E-state index in [1.165, 1.54) is 13.2 Å². The maximum absolute atomic E-state index is 14.3. The number of rotatable bonds is 6. The van der Waals surface area contributed by atoms with Crippen molar-refractivity contribution in [3.63, 3.8) is 0 Å². The van der Waals surface area contributed by atoms with E-state index in [1.54, 1.807) is 35.0 Å². The van der Waals surface area contributed by atoms with Gasteiger partial charge < -0.3 is 4.74 Å². The first kappa shape index (κ1) is 20.9. The zero-order valence-electron chi connectivity index (χ0n) is 16.8. The first-order valence-corrected chi connectivity index (χ1v) is 11.3. The van der Waals surface area contributed by atoms with Crippen LogP contribution in [0.15, 0.2) is 59.8 Å². The summed E-state index contributed by atoms with van der Waals surface area (Å²) in [4.78, 5) is 0.233. The van der Waals surface area contributed by atoms with Crippen LogP contribution in [0.3, 0.4) is 0 Å². The monoisotopic (exact) mass is 443 g/mol. The van der Waals surface area contributed by atoms with Gasteiger partial charge in [-0.3, -0.25) is 4.40 Å². The Kier molecular flexibility index (Phi) is 5.45. The molecule has 0 radical (unpaired) electrons. The number of fused-ring (bicyclic) bond motifs is 1. The fourth-order valence-corrected chi connectivity index (χ4v) is 4.16.